The Morgan fingerprint density at radius 3 is 2.90 bits per heavy atom. The zero-order chi connectivity index (χ0) is 7.56. The predicted octanol–water partition coefficient (Wildman–Crippen LogP) is 2.55. The second-order valence-corrected chi connectivity index (χ2v) is 2.74. The summed E-state index contributed by atoms with van der Waals surface area (Å²) in [4.78, 5) is 13.7. The summed E-state index contributed by atoms with van der Waals surface area (Å²) in [5, 5.41) is 2.69. The molecule has 0 saturated carbocycles. The quantitative estimate of drug-likeness (QED) is 0.655. The van der Waals surface area contributed by atoms with Crippen molar-refractivity contribution in [3.8, 4) is 0 Å². The van der Waals surface area contributed by atoms with Crippen molar-refractivity contribution in [2.45, 2.75) is 6.92 Å². The highest BCUT2D eigenvalue weighted by Crippen LogP contribution is 2.18. The van der Waals surface area contributed by atoms with E-state index in [2.05, 4.69) is 26.1 Å². The first-order valence-electron chi connectivity index (χ1n) is 2.69. The van der Waals surface area contributed by atoms with Crippen molar-refractivity contribution in [2.75, 3.05) is 0 Å². The fraction of sp³-hybridized carbons (Fsp3) is 0.167. The first kappa shape index (κ1) is 7.34. The van der Waals surface area contributed by atoms with Gasteiger partial charge in [0.2, 0.25) is 0 Å². The lowest BCUT2D eigenvalue weighted by Crippen LogP contribution is -1.77. The van der Waals surface area contributed by atoms with E-state index in [9.17, 15) is 4.91 Å². The van der Waals surface area contributed by atoms with E-state index < -0.39 is 0 Å². The second-order valence-electron chi connectivity index (χ2n) is 1.88. The van der Waals surface area contributed by atoms with Gasteiger partial charge in [-0.3, -0.25) is 0 Å². The summed E-state index contributed by atoms with van der Waals surface area (Å²) in [5.74, 6) is 0.223. The Bertz CT molecular complexity index is 262. The smallest absolute Gasteiger partial charge is 0.196 e. The van der Waals surface area contributed by atoms with Crippen molar-refractivity contribution in [1.29, 1.82) is 0 Å². The maximum absolute atomic E-state index is 9.94. The van der Waals surface area contributed by atoms with Gasteiger partial charge in [0, 0.05) is 10.7 Å². The number of nitroso groups, excluding NO2 is 1. The molecule has 52 valence electrons. The number of aryl methyl sites for hydroxylation is 1. The average molecular weight is 201 g/mol. The number of nitrogens with zero attached hydrogens (tertiary/aromatic N) is 2. The number of hydrogen-bond donors (Lipinski definition) is 0. The minimum Gasteiger partial charge on any atom is -0.233 e. The summed E-state index contributed by atoms with van der Waals surface area (Å²) in [6.07, 6.45) is 1.56. The van der Waals surface area contributed by atoms with Crippen LogP contribution >= 0.6 is 15.9 Å². The third-order valence-electron chi connectivity index (χ3n) is 1.13. The molecule has 0 aliphatic rings. The van der Waals surface area contributed by atoms with Crippen LogP contribution in [0.4, 0.5) is 5.82 Å². The van der Waals surface area contributed by atoms with E-state index in [1.807, 2.05) is 6.92 Å². The topological polar surface area (TPSA) is 42.3 Å². The number of hydrogen-bond acceptors (Lipinski definition) is 3. The Kier molecular flexibility index (Phi) is 2.11. The fourth-order valence-electron chi connectivity index (χ4n) is 0.574. The van der Waals surface area contributed by atoms with E-state index in [1.165, 1.54) is 0 Å². The van der Waals surface area contributed by atoms with Crippen molar-refractivity contribution in [3.63, 3.8) is 0 Å². The summed E-state index contributed by atoms with van der Waals surface area (Å²) in [6.45, 7) is 1.88. The molecule has 0 unspecified atom stereocenters. The Balaban J connectivity index is 3.16. The van der Waals surface area contributed by atoms with Gasteiger partial charge in [-0.1, -0.05) is 0 Å². The van der Waals surface area contributed by atoms with Gasteiger partial charge in [-0.15, -0.1) is 4.91 Å². The zero-order valence-electron chi connectivity index (χ0n) is 5.34. The van der Waals surface area contributed by atoms with E-state index in [-0.39, 0.29) is 5.82 Å². The molecule has 3 nitrogen and oxygen atoms in total. The fourth-order valence-corrected chi connectivity index (χ4v) is 0.791. The van der Waals surface area contributed by atoms with Crippen LogP contribution in [0.3, 0.4) is 0 Å². The summed E-state index contributed by atoms with van der Waals surface area (Å²) in [5.41, 5.74) is 0.963. The predicted molar refractivity (Wildman–Crippen MR) is 42.1 cm³/mol. The van der Waals surface area contributed by atoms with Gasteiger partial charge in [0.1, 0.15) is 0 Å². The van der Waals surface area contributed by atoms with Crippen molar-refractivity contribution < 1.29 is 0 Å². The molecule has 0 saturated heterocycles. The average Bonchev–Trinajstić information content (AvgIpc) is 1.95. The number of pyridine rings is 1. The Labute approximate surface area is 66.6 Å². The molecule has 0 amide bonds. The third kappa shape index (κ3) is 1.39. The molecule has 0 spiro atoms. The highest BCUT2D eigenvalue weighted by atomic mass is 79.9. The van der Waals surface area contributed by atoms with Gasteiger partial charge in [0.15, 0.2) is 5.82 Å². The summed E-state index contributed by atoms with van der Waals surface area (Å²) in [7, 11) is 0. The van der Waals surface area contributed by atoms with Gasteiger partial charge >= 0.3 is 0 Å². The molecule has 0 N–H and O–H groups in total. The van der Waals surface area contributed by atoms with Crippen LogP contribution in [0.1, 0.15) is 5.56 Å². The first-order valence-corrected chi connectivity index (χ1v) is 3.49. The highest BCUT2D eigenvalue weighted by molar-refractivity contribution is 9.10. The molecule has 0 radical (unpaired) electrons. The SMILES string of the molecule is Cc1cc(N=O)ncc1Br. The minimum atomic E-state index is 0.223. The van der Waals surface area contributed by atoms with Crippen LogP contribution in [0.25, 0.3) is 0 Å². The zero-order valence-corrected chi connectivity index (χ0v) is 6.92. The summed E-state index contributed by atoms with van der Waals surface area (Å²) in [6, 6.07) is 1.62. The van der Waals surface area contributed by atoms with Crippen LogP contribution in [0.5, 0.6) is 0 Å². The molecule has 0 bridgehead atoms. The summed E-state index contributed by atoms with van der Waals surface area (Å²) < 4.78 is 0.889. The van der Waals surface area contributed by atoms with Crippen molar-refractivity contribution in [2.24, 2.45) is 5.18 Å². The molecule has 0 fully saturated rings. The van der Waals surface area contributed by atoms with Gasteiger partial charge in [-0.05, 0) is 39.7 Å². The van der Waals surface area contributed by atoms with Crippen LogP contribution in [-0.4, -0.2) is 4.98 Å². The van der Waals surface area contributed by atoms with Crippen molar-refractivity contribution in [1.82, 2.24) is 4.98 Å². The van der Waals surface area contributed by atoms with Crippen LogP contribution < -0.4 is 0 Å². The van der Waals surface area contributed by atoms with Crippen LogP contribution in [-0.2, 0) is 0 Å². The minimum absolute atomic E-state index is 0.223. The molecule has 0 aliphatic carbocycles. The largest absolute Gasteiger partial charge is 0.233 e. The van der Waals surface area contributed by atoms with Gasteiger partial charge in [-0.25, -0.2) is 4.98 Å². The molecule has 1 heterocycles. The molecule has 0 atom stereocenters. The molecular formula is C6H5BrN2O. The lowest BCUT2D eigenvalue weighted by Gasteiger charge is -1.94. The molecule has 1 rings (SSSR count). The van der Waals surface area contributed by atoms with Gasteiger partial charge in [0.05, 0.1) is 0 Å². The Morgan fingerprint density at radius 2 is 2.40 bits per heavy atom. The van der Waals surface area contributed by atoms with Crippen molar-refractivity contribution >= 4 is 21.7 Å². The number of rotatable bonds is 1. The Morgan fingerprint density at radius 1 is 1.70 bits per heavy atom. The number of aromatic nitrogens is 1. The molecular weight excluding hydrogens is 196 g/mol. The van der Waals surface area contributed by atoms with E-state index in [0.29, 0.717) is 0 Å². The number of halogens is 1. The van der Waals surface area contributed by atoms with Gasteiger partial charge in [0.25, 0.3) is 0 Å². The summed E-state index contributed by atoms with van der Waals surface area (Å²) >= 11 is 3.25. The molecule has 0 aromatic carbocycles. The normalized spacial score (nSPS) is 9.40. The maximum atomic E-state index is 9.94. The van der Waals surface area contributed by atoms with Gasteiger partial charge < -0.3 is 0 Å². The van der Waals surface area contributed by atoms with Crippen molar-refractivity contribution in [3.05, 3.63) is 27.2 Å². The van der Waals surface area contributed by atoms with Crippen LogP contribution in [0.2, 0.25) is 0 Å². The van der Waals surface area contributed by atoms with Gasteiger partial charge in [-0.2, -0.15) is 0 Å². The Hall–Kier alpha value is -0.770. The lowest BCUT2D eigenvalue weighted by molar-refractivity contribution is 1.22. The highest BCUT2D eigenvalue weighted by Gasteiger charge is 1.96. The lowest BCUT2D eigenvalue weighted by atomic mass is 10.3. The monoisotopic (exact) mass is 200 g/mol. The van der Waals surface area contributed by atoms with E-state index in [1.54, 1.807) is 12.3 Å². The maximum Gasteiger partial charge on any atom is 0.196 e. The first-order chi connectivity index (χ1) is 4.74. The van der Waals surface area contributed by atoms with Crippen LogP contribution in [0.15, 0.2) is 21.9 Å². The second kappa shape index (κ2) is 2.88. The van der Waals surface area contributed by atoms with E-state index in [4.69, 9.17) is 0 Å². The standard InChI is InChI=1S/C6H5BrN2O/c1-4-2-6(9-10)8-3-5(4)7/h2-3H,1H3. The molecule has 0 aliphatic heterocycles. The third-order valence-corrected chi connectivity index (χ3v) is 1.96. The molecule has 1 aromatic rings. The molecule has 10 heavy (non-hydrogen) atoms. The van der Waals surface area contributed by atoms with E-state index >= 15 is 0 Å². The molecule has 4 heteroatoms. The van der Waals surface area contributed by atoms with Crippen LogP contribution in [0, 0.1) is 11.8 Å². The van der Waals surface area contributed by atoms with E-state index in [0.717, 1.165) is 10.0 Å². The molecule has 1 aromatic heterocycles.